The highest BCUT2D eigenvalue weighted by Crippen LogP contribution is 2.20. The van der Waals surface area contributed by atoms with Crippen molar-refractivity contribution >= 4 is 5.78 Å². The van der Waals surface area contributed by atoms with Gasteiger partial charge in [0, 0.05) is 12.0 Å². The highest BCUT2D eigenvalue weighted by Gasteiger charge is 2.09. The first-order valence-electron chi connectivity index (χ1n) is 5.72. The summed E-state index contributed by atoms with van der Waals surface area (Å²) in [7, 11) is 1.63. The maximum atomic E-state index is 11.9. The fourth-order valence-corrected chi connectivity index (χ4v) is 1.56. The summed E-state index contributed by atoms with van der Waals surface area (Å²) >= 11 is 0. The van der Waals surface area contributed by atoms with E-state index < -0.39 is 0 Å². The van der Waals surface area contributed by atoms with E-state index in [0.717, 1.165) is 23.3 Å². The summed E-state index contributed by atoms with van der Waals surface area (Å²) in [6.45, 7) is 6.23. The van der Waals surface area contributed by atoms with Crippen molar-refractivity contribution < 1.29 is 9.53 Å². The molecule has 2 heteroatoms. The summed E-state index contributed by atoms with van der Waals surface area (Å²) in [6.07, 6.45) is 1.55. The van der Waals surface area contributed by atoms with Crippen LogP contribution >= 0.6 is 0 Å². The molecule has 0 N–H and O–H groups in total. The standard InChI is InChI=1S/C14H20O2/c1-10(2)5-8-13(15)12-7-6-11(3)14(9-12)16-4/h6-7,9-10H,5,8H2,1-4H3. The number of hydrogen-bond acceptors (Lipinski definition) is 2. The van der Waals surface area contributed by atoms with Crippen LogP contribution in [0.3, 0.4) is 0 Å². The van der Waals surface area contributed by atoms with Crippen molar-refractivity contribution in [1.29, 1.82) is 0 Å². The number of carbonyl (C=O) groups is 1. The lowest BCUT2D eigenvalue weighted by Crippen LogP contribution is -2.02. The highest BCUT2D eigenvalue weighted by molar-refractivity contribution is 5.96. The molecule has 0 saturated carbocycles. The third-order valence-corrected chi connectivity index (χ3v) is 2.68. The zero-order chi connectivity index (χ0) is 12.1. The monoisotopic (exact) mass is 220 g/mol. The van der Waals surface area contributed by atoms with Gasteiger partial charge in [-0.15, -0.1) is 0 Å². The number of Topliss-reactive ketones (excluding diaryl/α,β-unsaturated/α-hetero) is 1. The van der Waals surface area contributed by atoms with Gasteiger partial charge in [-0.1, -0.05) is 26.0 Å². The van der Waals surface area contributed by atoms with Crippen molar-refractivity contribution in [3.63, 3.8) is 0 Å². The third kappa shape index (κ3) is 3.37. The second-order valence-corrected chi connectivity index (χ2v) is 4.54. The van der Waals surface area contributed by atoms with Gasteiger partial charge in [-0.2, -0.15) is 0 Å². The normalized spacial score (nSPS) is 10.6. The van der Waals surface area contributed by atoms with E-state index in [1.165, 1.54) is 0 Å². The molecule has 0 saturated heterocycles. The Kier molecular flexibility index (Phi) is 4.53. The molecule has 0 atom stereocenters. The van der Waals surface area contributed by atoms with Gasteiger partial charge in [-0.3, -0.25) is 4.79 Å². The summed E-state index contributed by atoms with van der Waals surface area (Å²) in [5.41, 5.74) is 1.81. The van der Waals surface area contributed by atoms with Gasteiger partial charge in [-0.05, 0) is 30.9 Å². The molecule has 0 aliphatic carbocycles. The minimum atomic E-state index is 0.201. The summed E-state index contributed by atoms with van der Waals surface area (Å²) in [4.78, 5) is 11.9. The highest BCUT2D eigenvalue weighted by atomic mass is 16.5. The molecule has 0 bridgehead atoms. The number of ketones is 1. The fourth-order valence-electron chi connectivity index (χ4n) is 1.56. The van der Waals surface area contributed by atoms with Crippen LogP contribution in [0.4, 0.5) is 0 Å². The first kappa shape index (κ1) is 12.8. The van der Waals surface area contributed by atoms with Gasteiger partial charge in [0.15, 0.2) is 5.78 Å². The Balaban J connectivity index is 2.76. The molecule has 1 aromatic carbocycles. The molecule has 0 unspecified atom stereocenters. The largest absolute Gasteiger partial charge is 0.496 e. The minimum absolute atomic E-state index is 0.201. The predicted octanol–water partition coefficient (Wildman–Crippen LogP) is 3.62. The molecule has 0 amide bonds. The summed E-state index contributed by atoms with van der Waals surface area (Å²) in [5, 5.41) is 0. The molecule has 2 nitrogen and oxygen atoms in total. The van der Waals surface area contributed by atoms with E-state index in [9.17, 15) is 4.79 Å². The van der Waals surface area contributed by atoms with Gasteiger partial charge in [0.1, 0.15) is 5.75 Å². The average Bonchev–Trinajstić information content (AvgIpc) is 2.26. The second-order valence-electron chi connectivity index (χ2n) is 4.54. The maximum Gasteiger partial charge on any atom is 0.163 e. The number of aryl methyl sites for hydroxylation is 1. The van der Waals surface area contributed by atoms with E-state index in [-0.39, 0.29) is 5.78 Å². The summed E-state index contributed by atoms with van der Waals surface area (Å²) in [5.74, 6) is 1.55. The Morgan fingerprint density at radius 2 is 2.06 bits per heavy atom. The Morgan fingerprint density at radius 3 is 2.62 bits per heavy atom. The minimum Gasteiger partial charge on any atom is -0.496 e. The Bertz CT molecular complexity index is 367. The Labute approximate surface area is 97.6 Å². The van der Waals surface area contributed by atoms with E-state index in [1.54, 1.807) is 7.11 Å². The van der Waals surface area contributed by atoms with Crippen molar-refractivity contribution in [3.05, 3.63) is 29.3 Å². The molecule has 1 aromatic rings. The van der Waals surface area contributed by atoms with Crippen LogP contribution in [0.15, 0.2) is 18.2 Å². The average molecular weight is 220 g/mol. The van der Waals surface area contributed by atoms with E-state index in [1.807, 2.05) is 25.1 Å². The number of benzene rings is 1. The number of carbonyl (C=O) groups excluding carboxylic acids is 1. The van der Waals surface area contributed by atoms with Crippen molar-refractivity contribution in [2.24, 2.45) is 5.92 Å². The zero-order valence-corrected chi connectivity index (χ0v) is 10.5. The van der Waals surface area contributed by atoms with Crippen molar-refractivity contribution in [2.45, 2.75) is 33.6 Å². The molecular weight excluding hydrogens is 200 g/mol. The van der Waals surface area contributed by atoms with Crippen LogP contribution in [0.5, 0.6) is 5.75 Å². The van der Waals surface area contributed by atoms with Crippen molar-refractivity contribution in [3.8, 4) is 5.75 Å². The second kappa shape index (κ2) is 5.69. The summed E-state index contributed by atoms with van der Waals surface area (Å²) in [6, 6.07) is 5.64. The first-order chi connectivity index (χ1) is 7.54. The Hall–Kier alpha value is -1.31. The van der Waals surface area contributed by atoms with Crippen LogP contribution in [-0.4, -0.2) is 12.9 Å². The molecule has 0 heterocycles. The van der Waals surface area contributed by atoms with E-state index in [2.05, 4.69) is 13.8 Å². The number of methoxy groups -OCH3 is 1. The number of ether oxygens (including phenoxy) is 1. The van der Waals surface area contributed by atoms with Crippen LogP contribution in [-0.2, 0) is 0 Å². The first-order valence-corrected chi connectivity index (χ1v) is 5.72. The zero-order valence-electron chi connectivity index (χ0n) is 10.5. The number of hydrogen-bond donors (Lipinski definition) is 0. The molecule has 0 radical (unpaired) electrons. The van der Waals surface area contributed by atoms with Crippen LogP contribution < -0.4 is 4.74 Å². The van der Waals surface area contributed by atoms with Crippen molar-refractivity contribution in [1.82, 2.24) is 0 Å². The molecule has 1 rings (SSSR count). The molecule has 0 fully saturated rings. The molecule has 88 valence electrons. The van der Waals surface area contributed by atoms with Gasteiger partial charge in [-0.25, -0.2) is 0 Å². The summed E-state index contributed by atoms with van der Waals surface area (Å²) < 4.78 is 5.21. The van der Waals surface area contributed by atoms with Gasteiger partial charge >= 0.3 is 0 Å². The lowest BCUT2D eigenvalue weighted by atomic mass is 10.0. The Morgan fingerprint density at radius 1 is 1.38 bits per heavy atom. The smallest absolute Gasteiger partial charge is 0.163 e. The van der Waals surface area contributed by atoms with E-state index >= 15 is 0 Å². The lowest BCUT2D eigenvalue weighted by Gasteiger charge is -2.08. The van der Waals surface area contributed by atoms with Crippen LogP contribution in [0, 0.1) is 12.8 Å². The van der Waals surface area contributed by atoms with Gasteiger partial charge in [0.05, 0.1) is 7.11 Å². The predicted molar refractivity (Wildman–Crippen MR) is 66.1 cm³/mol. The molecule has 16 heavy (non-hydrogen) atoms. The molecule has 0 aliphatic rings. The number of rotatable bonds is 5. The third-order valence-electron chi connectivity index (χ3n) is 2.68. The maximum absolute atomic E-state index is 11.9. The topological polar surface area (TPSA) is 26.3 Å². The van der Waals surface area contributed by atoms with Crippen LogP contribution in [0.2, 0.25) is 0 Å². The molecular formula is C14H20O2. The van der Waals surface area contributed by atoms with Crippen LogP contribution in [0.25, 0.3) is 0 Å². The quantitative estimate of drug-likeness (QED) is 0.708. The molecule has 0 aromatic heterocycles. The molecule has 0 spiro atoms. The lowest BCUT2D eigenvalue weighted by molar-refractivity contribution is 0.0975. The van der Waals surface area contributed by atoms with Gasteiger partial charge in [0.25, 0.3) is 0 Å². The fraction of sp³-hybridized carbons (Fsp3) is 0.500. The van der Waals surface area contributed by atoms with Crippen molar-refractivity contribution in [2.75, 3.05) is 7.11 Å². The molecule has 0 aliphatic heterocycles. The van der Waals surface area contributed by atoms with Gasteiger partial charge in [0.2, 0.25) is 0 Å². The van der Waals surface area contributed by atoms with E-state index in [4.69, 9.17) is 4.74 Å². The van der Waals surface area contributed by atoms with E-state index in [0.29, 0.717) is 12.3 Å². The van der Waals surface area contributed by atoms with Gasteiger partial charge < -0.3 is 4.74 Å². The SMILES string of the molecule is COc1cc(C(=O)CCC(C)C)ccc1C. The van der Waals surface area contributed by atoms with Crippen LogP contribution in [0.1, 0.15) is 42.6 Å².